The van der Waals surface area contributed by atoms with E-state index in [1.807, 2.05) is 4.98 Å². The number of nitrogens with one attached hydrogen (secondary N) is 1. The summed E-state index contributed by atoms with van der Waals surface area (Å²) in [6.07, 6.45) is -1.51. The van der Waals surface area contributed by atoms with E-state index < -0.39 is 53.2 Å². The van der Waals surface area contributed by atoms with Crippen LogP contribution in [0.4, 0.5) is 0 Å². The maximum absolute atomic E-state index is 12.2. The lowest BCUT2D eigenvalue weighted by Crippen LogP contribution is -2.39. The summed E-state index contributed by atoms with van der Waals surface area (Å²) in [7, 11) is 0. The number of carbonyl (C=O) groups is 3. The summed E-state index contributed by atoms with van der Waals surface area (Å²) in [5, 5.41) is 0. The molecule has 2 heterocycles. The molecular weight excluding hydrogens is 364 g/mol. The summed E-state index contributed by atoms with van der Waals surface area (Å²) in [6.45, 7) is 3.92. The van der Waals surface area contributed by atoms with E-state index in [0.717, 1.165) is 10.8 Å². The number of ether oxygens (including phenoxy) is 4. The Labute approximate surface area is 153 Å². The first-order chi connectivity index (χ1) is 12.7. The Morgan fingerprint density at radius 3 is 2.52 bits per heavy atom. The van der Waals surface area contributed by atoms with Crippen LogP contribution in [-0.4, -0.2) is 52.9 Å². The van der Waals surface area contributed by atoms with Gasteiger partial charge < -0.3 is 18.9 Å². The fraction of sp³-hybridized carbons (Fsp3) is 0.562. The number of hydrogen-bond donors (Lipinski definition) is 1. The zero-order chi connectivity index (χ0) is 20.1. The van der Waals surface area contributed by atoms with Gasteiger partial charge in [0.15, 0.2) is 6.23 Å². The first-order valence-corrected chi connectivity index (χ1v) is 8.21. The first-order valence-electron chi connectivity index (χ1n) is 8.21. The Morgan fingerprint density at radius 2 is 1.93 bits per heavy atom. The number of H-pyrrole nitrogens is 1. The van der Waals surface area contributed by atoms with Crippen LogP contribution in [0.15, 0.2) is 15.8 Å². The molecule has 11 heteroatoms. The lowest BCUT2D eigenvalue weighted by molar-refractivity contribution is -0.153. The van der Waals surface area contributed by atoms with E-state index >= 15 is 0 Å². The lowest BCUT2D eigenvalue weighted by atomic mass is 10.2. The molecule has 0 amide bonds. The molecule has 1 aromatic rings. The minimum absolute atomic E-state index is 0.0395. The molecule has 27 heavy (non-hydrogen) atoms. The molecular formula is C16H20N2O9. The minimum atomic E-state index is -1.12. The average molecular weight is 384 g/mol. The second-order valence-electron chi connectivity index (χ2n) is 5.76. The van der Waals surface area contributed by atoms with Crippen molar-refractivity contribution < 1.29 is 33.3 Å². The van der Waals surface area contributed by atoms with Crippen molar-refractivity contribution in [2.24, 2.45) is 0 Å². The highest BCUT2D eigenvalue weighted by atomic mass is 16.6. The molecule has 0 bridgehead atoms. The fourth-order valence-corrected chi connectivity index (χ4v) is 2.63. The normalized spacial score (nSPS) is 21.5. The molecule has 0 spiro atoms. The van der Waals surface area contributed by atoms with Crippen LogP contribution in [0, 0.1) is 0 Å². The van der Waals surface area contributed by atoms with E-state index in [9.17, 15) is 24.0 Å². The van der Waals surface area contributed by atoms with Crippen molar-refractivity contribution >= 4 is 17.9 Å². The van der Waals surface area contributed by atoms with Gasteiger partial charge in [0.1, 0.15) is 18.3 Å². The Morgan fingerprint density at radius 1 is 1.22 bits per heavy atom. The van der Waals surface area contributed by atoms with Crippen LogP contribution in [-0.2, 0) is 28.5 Å². The van der Waals surface area contributed by atoms with Gasteiger partial charge in [0, 0.05) is 26.5 Å². The van der Waals surface area contributed by atoms with Gasteiger partial charge in [0.2, 0.25) is 0 Å². The Bertz CT molecular complexity index is 841. The molecule has 148 valence electrons. The Balaban J connectivity index is 2.36. The number of aromatic nitrogens is 2. The van der Waals surface area contributed by atoms with Crippen LogP contribution < -0.4 is 11.2 Å². The molecule has 1 aliphatic heterocycles. The molecule has 1 aromatic heterocycles. The van der Waals surface area contributed by atoms with E-state index in [1.165, 1.54) is 13.8 Å². The number of nitrogens with zero attached hydrogens (tertiary/aromatic N) is 1. The van der Waals surface area contributed by atoms with Crippen molar-refractivity contribution in [3.63, 3.8) is 0 Å². The van der Waals surface area contributed by atoms with Crippen molar-refractivity contribution in [2.75, 3.05) is 13.2 Å². The molecule has 11 nitrogen and oxygen atoms in total. The van der Waals surface area contributed by atoms with E-state index in [4.69, 9.17) is 18.9 Å². The minimum Gasteiger partial charge on any atom is -0.463 e. The summed E-state index contributed by atoms with van der Waals surface area (Å²) in [6, 6.07) is 0. The number of esters is 3. The standard InChI is InChI=1S/C16H20N2O9/c1-4-24-15(22)11-6-18(16(23)17-13(11)21)14-12(26-9(3)20)5-10(27-14)7-25-8(2)19/h6,10,12,14H,4-5,7H2,1-3H3,(H,17,21,23)/t10-,12+,14+/m0/s1. The molecule has 1 saturated heterocycles. The molecule has 0 aromatic carbocycles. The second-order valence-corrected chi connectivity index (χ2v) is 5.76. The van der Waals surface area contributed by atoms with Gasteiger partial charge in [-0.05, 0) is 6.92 Å². The van der Waals surface area contributed by atoms with Gasteiger partial charge in [-0.1, -0.05) is 0 Å². The quantitative estimate of drug-likeness (QED) is 0.507. The van der Waals surface area contributed by atoms with Crippen LogP contribution in [0.1, 0.15) is 43.8 Å². The summed E-state index contributed by atoms with van der Waals surface area (Å²) < 4.78 is 21.4. The second kappa shape index (κ2) is 8.62. The van der Waals surface area contributed by atoms with Gasteiger partial charge in [-0.3, -0.25) is 23.9 Å². The van der Waals surface area contributed by atoms with Crippen LogP contribution in [0.2, 0.25) is 0 Å². The van der Waals surface area contributed by atoms with Gasteiger partial charge in [-0.25, -0.2) is 9.59 Å². The number of rotatable bonds is 6. The molecule has 0 saturated carbocycles. The molecule has 3 atom stereocenters. The van der Waals surface area contributed by atoms with Gasteiger partial charge in [-0.2, -0.15) is 0 Å². The molecule has 0 aliphatic carbocycles. The van der Waals surface area contributed by atoms with Crippen molar-refractivity contribution in [1.29, 1.82) is 0 Å². The zero-order valence-electron chi connectivity index (χ0n) is 15.1. The van der Waals surface area contributed by atoms with Crippen LogP contribution in [0.3, 0.4) is 0 Å². The number of hydrogen-bond acceptors (Lipinski definition) is 9. The van der Waals surface area contributed by atoms with Crippen molar-refractivity contribution in [3.8, 4) is 0 Å². The monoisotopic (exact) mass is 384 g/mol. The fourth-order valence-electron chi connectivity index (χ4n) is 2.63. The topological polar surface area (TPSA) is 143 Å². The van der Waals surface area contributed by atoms with E-state index in [0.29, 0.717) is 0 Å². The maximum atomic E-state index is 12.2. The Kier molecular flexibility index (Phi) is 6.50. The first kappa shape index (κ1) is 20.4. The van der Waals surface area contributed by atoms with Gasteiger partial charge in [0.05, 0.1) is 12.7 Å². The zero-order valence-corrected chi connectivity index (χ0v) is 15.1. The van der Waals surface area contributed by atoms with Crippen LogP contribution >= 0.6 is 0 Å². The molecule has 2 rings (SSSR count). The predicted molar refractivity (Wildman–Crippen MR) is 88.0 cm³/mol. The molecule has 1 N–H and O–H groups in total. The summed E-state index contributed by atoms with van der Waals surface area (Å²) in [5.41, 5.74) is -2.17. The maximum Gasteiger partial charge on any atom is 0.345 e. The van der Waals surface area contributed by atoms with Crippen molar-refractivity contribution in [2.45, 2.75) is 45.6 Å². The third kappa shape index (κ3) is 5.03. The third-order valence-corrected chi connectivity index (χ3v) is 3.67. The average Bonchev–Trinajstić information content (AvgIpc) is 2.95. The molecule has 0 unspecified atom stereocenters. The number of aromatic amines is 1. The highest BCUT2D eigenvalue weighted by Crippen LogP contribution is 2.30. The smallest absolute Gasteiger partial charge is 0.345 e. The largest absolute Gasteiger partial charge is 0.463 e. The molecule has 1 fully saturated rings. The lowest BCUT2D eigenvalue weighted by Gasteiger charge is -2.20. The SMILES string of the molecule is CCOC(=O)c1cn([C@@H]2O[C@H](COC(C)=O)C[C@H]2OC(C)=O)c(=O)[nH]c1=O. The van der Waals surface area contributed by atoms with Crippen LogP contribution in [0.5, 0.6) is 0 Å². The van der Waals surface area contributed by atoms with Gasteiger partial charge in [0.25, 0.3) is 5.56 Å². The highest BCUT2D eigenvalue weighted by molar-refractivity contribution is 5.88. The molecule has 0 radical (unpaired) electrons. The van der Waals surface area contributed by atoms with E-state index in [-0.39, 0.29) is 19.6 Å². The summed E-state index contributed by atoms with van der Waals surface area (Å²) in [4.78, 5) is 60.3. The van der Waals surface area contributed by atoms with E-state index in [2.05, 4.69) is 0 Å². The van der Waals surface area contributed by atoms with Gasteiger partial charge >= 0.3 is 23.6 Å². The van der Waals surface area contributed by atoms with Crippen LogP contribution in [0.25, 0.3) is 0 Å². The Hall–Kier alpha value is -2.95. The number of carbonyl (C=O) groups excluding carboxylic acids is 3. The van der Waals surface area contributed by atoms with E-state index in [1.54, 1.807) is 6.92 Å². The van der Waals surface area contributed by atoms with Crippen molar-refractivity contribution in [3.05, 3.63) is 32.6 Å². The highest BCUT2D eigenvalue weighted by Gasteiger charge is 2.40. The predicted octanol–water partition coefficient (Wildman–Crippen LogP) is -0.504. The summed E-state index contributed by atoms with van der Waals surface area (Å²) in [5.74, 6) is -2.03. The summed E-state index contributed by atoms with van der Waals surface area (Å²) >= 11 is 0. The molecule has 1 aliphatic rings. The van der Waals surface area contributed by atoms with Gasteiger partial charge in [-0.15, -0.1) is 0 Å². The van der Waals surface area contributed by atoms with Crippen molar-refractivity contribution in [1.82, 2.24) is 9.55 Å². The third-order valence-electron chi connectivity index (χ3n) is 3.67.